The van der Waals surface area contributed by atoms with E-state index in [9.17, 15) is 0 Å². The standard InChI is InChI=1S/C13H21N3/c1-10-3-5-12(6-4-10)8-14-13-7-11(2)15-9-16-13/h7,9-10,12H,3-6,8H2,1-2H3,(H,14,15,16). The summed E-state index contributed by atoms with van der Waals surface area (Å²) in [6.45, 7) is 5.41. The Bertz CT molecular complexity index is 330. The van der Waals surface area contributed by atoms with Gasteiger partial charge in [0, 0.05) is 18.3 Å². The van der Waals surface area contributed by atoms with Crippen LogP contribution in [0.2, 0.25) is 0 Å². The molecule has 0 amide bonds. The van der Waals surface area contributed by atoms with Gasteiger partial charge < -0.3 is 5.32 Å². The van der Waals surface area contributed by atoms with Crippen LogP contribution in [0.4, 0.5) is 5.82 Å². The Labute approximate surface area is 97.7 Å². The number of nitrogens with one attached hydrogen (secondary N) is 1. The lowest BCUT2D eigenvalue weighted by Crippen LogP contribution is -2.20. The summed E-state index contributed by atoms with van der Waals surface area (Å²) in [7, 11) is 0. The van der Waals surface area contributed by atoms with E-state index in [-0.39, 0.29) is 0 Å². The van der Waals surface area contributed by atoms with Crippen LogP contribution in [-0.2, 0) is 0 Å². The van der Waals surface area contributed by atoms with E-state index in [4.69, 9.17) is 0 Å². The summed E-state index contributed by atoms with van der Waals surface area (Å²) in [5.74, 6) is 2.72. The lowest BCUT2D eigenvalue weighted by molar-refractivity contribution is 0.300. The van der Waals surface area contributed by atoms with Crippen LogP contribution in [0, 0.1) is 18.8 Å². The third-order valence-corrected chi connectivity index (χ3v) is 3.51. The highest BCUT2D eigenvalue weighted by molar-refractivity contribution is 5.34. The molecule has 0 bridgehead atoms. The van der Waals surface area contributed by atoms with E-state index in [1.165, 1.54) is 25.7 Å². The molecule has 3 nitrogen and oxygen atoms in total. The molecule has 0 aliphatic heterocycles. The van der Waals surface area contributed by atoms with E-state index >= 15 is 0 Å². The zero-order chi connectivity index (χ0) is 11.4. The first-order valence-electron chi connectivity index (χ1n) is 6.26. The van der Waals surface area contributed by atoms with Crippen molar-refractivity contribution in [2.24, 2.45) is 11.8 Å². The van der Waals surface area contributed by atoms with Gasteiger partial charge in [-0.2, -0.15) is 0 Å². The zero-order valence-corrected chi connectivity index (χ0v) is 10.2. The largest absolute Gasteiger partial charge is 0.370 e. The van der Waals surface area contributed by atoms with Gasteiger partial charge in [-0.1, -0.05) is 19.8 Å². The van der Waals surface area contributed by atoms with Crippen LogP contribution in [0.25, 0.3) is 0 Å². The highest BCUT2D eigenvalue weighted by Crippen LogP contribution is 2.28. The van der Waals surface area contributed by atoms with E-state index < -0.39 is 0 Å². The highest BCUT2D eigenvalue weighted by atomic mass is 15.0. The molecule has 0 spiro atoms. The molecular formula is C13H21N3. The molecule has 1 saturated carbocycles. The normalized spacial score (nSPS) is 25.4. The number of aromatic nitrogens is 2. The number of hydrogen-bond acceptors (Lipinski definition) is 3. The Balaban J connectivity index is 1.79. The van der Waals surface area contributed by atoms with Crippen molar-refractivity contribution in [3.8, 4) is 0 Å². The summed E-state index contributed by atoms with van der Waals surface area (Å²) >= 11 is 0. The second-order valence-electron chi connectivity index (χ2n) is 5.05. The summed E-state index contributed by atoms with van der Waals surface area (Å²) < 4.78 is 0. The molecule has 0 aromatic carbocycles. The maximum atomic E-state index is 4.22. The Hall–Kier alpha value is -1.12. The molecule has 1 N–H and O–H groups in total. The predicted octanol–water partition coefficient (Wildman–Crippen LogP) is 3.02. The van der Waals surface area contributed by atoms with E-state index in [2.05, 4.69) is 22.2 Å². The minimum atomic E-state index is 0.825. The van der Waals surface area contributed by atoms with Gasteiger partial charge in [-0.15, -0.1) is 0 Å². The first kappa shape index (κ1) is 11.4. The third kappa shape index (κ3) is 3.19. The second-order valence-corrected chi connectivity index (χ2v) is 5.05. The van der Waals surface area contributed by atoms with E-state index in [0.717, 1.165) is 29.9 Å². The van der Waals surface area contributed by atoms with Crippen molar-refractivity contribution >= 4 is 5.82 Å². The number of aryl methyl sites for hydroxylation is 1. The van der Waals surface area contributed by atoms with Crippen molar-refractivity contribution < 1.29 is 0 Å². The van der Waals surface area contributed by atoms with Crippen LogP contribution < -0.4 is 5.32 Å². The molecule has 1 aromatic rings. The van der Waals surface area contributed by atoms with Crippen molar-refractivity contribution in [3.05, 3.63) is 18.1 Å². The Morgan fingerprint density at radius 2 is 2.00 bits per heavy atom. The Morgan fingerprint density at radius 1 is 1.25 bits per heavy atom. The fourth-order valence-electron chi connectivity index (χ4n) is 2.33. The third-order valence-electron chi connectivity index (χ3n) is 3.51. The van der Waals surface area contributed by atoms with Gasteiger partial charge in [-0.3, -0.25) is 0 Å². The van der Waals surface area contributed by atoms with Crippen LogP contribution in [0.1, 0.15) is 38.3 Å². The number of nitrogens with zero attached hydrogens (tertiary/aromatic N) is 2. The molecule has 0 saturated heterocycles. The topological polar surface area (TPSA) is 37.8 Å². The molecular weight excluding hydrogens is 198 g/mol. The van der Waals surface area contributed by atoms with Crippen LogP contribution in [0.5, 0.6) is 0 Å². The fourth-order valence-corrected chi connectivity index (χ4v) is 2.33. The number of rotatable bonds is 3. The predicted molar refractivity (Wildman–Crippen MR) is 66.4 cm³/mol. The van der Waals surface area contributed by atoms with Gasteiger partial charge >= 0.3 is 0 Å². The van der Waals surface area contributed by atoms with Gasteiger partial charge in [0.15, 0.2) is 0 Å². The molecule has 2 rings (SSSR count). The average Bonchev–Trinajstić information content (AvgIpc) is 2.28. The van der Waals surface area contributed by atoms with Gasteiger partial charge in [-0.05, 0) is 31.6 Å². The Morgan fingerprint density at radius 3 is 2.69 bits per heavy atom. The number of hydrogen-bond donors (Lipinski definition) is 1. The molecule has 16 heavy (non-hydrogen) atoms. The van der Waals surface area contributed by atoms with Gasteiger partial charge in [0.25, 0.3) is 0 Å². The first-order valence-corrected chi connectivity index (χ1v) is 6.26. The second kappa shape index (κ2) is 5.28. The smallest absolute Gasteiger partial charge is 0.129 e. The molecule has 0 unspecified atom stereocenters. The molecule has 0 radical (unpaired) electrons. The number of anilines is 1. The first-order chi connectivity index (χ1) is 7.74. The van der Waals surface area contributed by atoms with Crippen molar-refractivity contribution in [1.82, 2.24) is 9.97 Å². The highest BCUT2D eigenvalue weighted by Gasteiger charge is 2.17. The SMILES string of the molecule is Cc1cc(NCC2CCC(C)CC2)ncn1. The van der Waals surface area contributed by atoms with Crippen LogP contribution >= 0.6 is 0 Å². The summed E-state index contributed by atoms with van der Waals surface area (Å²) in [6.07, 6.45) is 7.11. The van der Waals surface area contributed by atoms with Crippen LogP contribution in [0.15, 0.2) is 12.4 Å². The quantitative estimate of drug-likeness (QED) is 0.849. The lowest BCUT2D eigenvalue weighted by atomic mass is 9.83. The molecule has 1 aliphatic carbocycles. The molecule has 3 heteroatoms. The van der Waals surface area contributed by atoms with E-state index in [1.807, 2.05) is 13.0 Å². The van der Waals surface area contributed by atoms with Crippen molar-refractivity contribution in [1.29, 1.82) is 0 Å². The summed E-state index contributed by atoms with van der Waals surface area (Å²) in [5.41, 5.74) is 1.02. The maximum absolute atomic E-state index is 4.22. The minimum absolute atomic E-state index is 0.825. The monoisotopic (exact) mass is 219 g/mol. The molecule has 1 aromatic heterocycles. The average molecular weight is 219 g/mol. The van der Waals surface area contributed by atoms with E-state index in [1.54, 1.807) is 6.33 Å². The van der Waals surface area contributed by atoms with Gasteiger partial charge in [0.2, 0.25) is 0 Å². The molecule has 88 valence electrons. The maximum Gasteiger partial charge on any atom is 0.129 e. The van der Waals surface area contributed by atoms with Gasteiger partial charge in [0.05, 0.1) is 0 Å². The molecule has 0 atom stereocenters. The summed E-state index contributed by atoms with van der Waals surface area (Å²) in [4.78, 5) is 8.31. The minimum Gasteiger partial charge on any atom is -0.370 e. The fraction of sp³-hybridized carbons (Fsp3) is 0.692. The van der Waals surface area contributed by atoms with Crippen LogP contribution in [-0.4, -0.2) is 16.5 Å². The van der Waals surface area contributed by atoms with E-state index in [0.29, 0.717) is 0 Å². The van der Waals surface area contributed by atoms with Crippen LogP contribution in [0.3, 0.4) is 0 Å². The van der Waals surface area contributed by atoms with Gasteiger partial charge in [-0.25, -0.2) is 9.97 Å². The van der Waals surface area contributed by atoms with Crippen molar-refractivity contribution in [3.63, 3.8) is 0 Å². The van der Waals surface area contributed by atoms with Crippen molar-refractivity contribution in [2.45, 2.75) is 39.5 Å². The Kier molecular flexibility index (Phi) is 3.75. The molecule has 1 aliphatic rings. The lowest BCUT2D eigenvalue weighted by Gasteiger charge is -2.26. The van der Waals surface area contributed by atoms with Crippen molar-refractivity contribution in [2.75, 3.05) is 11.9 Å². The molecule has 1 fully saturated rings. The zero-order valence-electron chi connectivity index (χ0n) is 10.2. The summed E-state index contributed by atoms with van der Waals surface area (Å²) in [5, 5.41) is 3.42. The molecule has 1 heterocycles. The van der Waals surface area contributed by atoms with Gasteiger partial charge in [0.1, 0.15) is 12.1 Å². The summed E-state index contributed by atoms with van der Waals surface area (Å²) in [6, 6.07) is 2.01.